The van der Waals surface area contributed by atoms with Gasteiger partial charge in [-0.1, -0.05) is 0 Å². The third kappa shape index (κ3) is 1.16. The number of hydrazine groups is 1. The van der Waals surface area contributed by atoms with Crippen molar-refractivity contribution in [1.29, 1.82) is 0 Å². The lowest BCUT2D eigenvalue weighted by Crippen LogP contribution is -2.30. The lowest BCUT2D eigenvalue weighted by atomic mass is 10.3. The van der Waals surface area contributed by atoms with E-state index in [1.807, 2.05) is 0 Å². The largest absolute Gasteiger partial charge is 0.300 e. The van der Waals surface area contributed by atoms with Crippen molar-refractivity contribution in [3.8, 4) is 0 Å². The van der Waals surface area contributed by atoms with Gasteiger partial charge in [0.25, 0.3) is 0 Å². The highest BCUT2D eigenvalue weighted by molar-refractivity contribution is 4.70. The van der Waals surface area contributed by atoms with E-state index in [9.17, 15) is 0 Å². The molecule has 0 aromatic rings. The molecule has 0 radical (unpaired) electrons. The van der Waals surface area contributed by atoms with Crippen LogP contribution in [0.25, 0.3) is 0 Å². The molecule has 4 heteroatoms. The summed E-state index contributed by atoms with van der Waals surface area (Å²) in [6, 6.07) is 0. The van der Waals surface area contributed by atoms with Crippen LogP contribution in [0.5, 0.6) is 0 Å². The van der Waals surface area contributed by atoms with Gasteiger partial charge in [0.15, 0.2) is 0 Å². The van der Waals surface area contributed by atoms with Gasteiger partial charge in [0.05, 0.1) is 6.10 Å². The Kier molecular flexibility index (Phi) is 1.80. The molecule has 0 amide bonds. The number of hydrogen-bond acceptors (Lipinski definition) is 4. The Morgan fingerprint density at radius 2 is 2.38 bits per heavy atom. The van der Waals surface area contributed by atoms with Gasteiger partial charge < -0.3 is 0 Å². The lowest BCUT2D eigenvalue weighted by Gasteiger charge is -2.05. The van der Waals surface area contributed by atoms with Gasteiger partial charge in [0.1, 0.15) is 0 Å². The zero-order chi connectivity index (χ0) is 5.98. The first-order valence-corrected chi connectivity index (χ1v) is 2.68. The van der Waals surface area contributed by atoms with Crippen LogP contribution in [0.4, 0.5) is 0 Å². The smallest absolute Gasteiger partial charge is 0.0940 e. The fraction of sp³-hybridized carbons (Fsp3) is 1.00. The fourth-order valence-corrected chi connectivity index (χ4v) is 0.865. The summed E-state index contributed by atoms with van der Waals surface area (Å²) in [5, 5.41) is 1.71. The van der Waals surface area contributed by atoms with E-state index in [0.29, 0.717) is 0 Å². The van der Waals surface area contributed by atoms with E-state index in [1.54, 1.807) is 5.01 Å². The quantitative estimate of drug-likeness (QED) is 0.335. The average Bonchev–Trinajstić information content (AvgIpc) is 2.14. The zero-order valence-corrected chi connectivity index (χ0v) is 4.71. The van der Waals surface area contributed by atoms with Crippen molar-refractivity contribution < 1.29 is 4.84 Å². The van der Waals surface area contributed by atoms with Crippen molar-refractivity contribution in [2.75, 3.05) is 13.1 Å². The SMILES string of the molecule is NOC1CCN(N)C1. The van der Waals surface area contributed by atoms with Gasteiger partial charge in [-0.2, -0.15) is 0 Å². The average molecular weight is 117 g/mol. The molecule has 8 heavy (non-hydrogen) atoms. The van der Waals surface area contributed by atoms with Gasteiger partial charge in [0, 0.05) is 13.1 Å². The summed E-state index contributed by atoms with van der Waals surface area (Å²) in [7, 11) is 0. The van der Waals surface area contributed by atoms with Gasteiger partial charge in [-0.15, -0.1) is 0 Å². The molecule has 0 aliphatic carbocycles. The van der Waals surface area contributed by atoms with Crippen molar-refractivity contribution in [2.24, 2.45) is 11.7 Å². The maximum absolute atomic E-state index is 5.40. The predicted octanol–water partition coefficient (Wildman–Crippen LogP) is -1.18. The number of rotatable bonds is 1. The van der Waals surface area contributed by atoms with Gasteiger partial charge in [-0.05, 0) is 6.42 Å². The second kappa shape index (κ2) is 2.41. The molecular weight excluding hydrogens is 106 g/mol. The van der Waals surface area contributed by atoms with E-state index in [4.69, 9.17) is 11.7 Å². The highest BCUT2D eigenvalue weighted by Gasteiger charge is 2.19. The van der Waals surface area contributed by atoms with Crippen molar-refractivity contribution in [3.63, 3.8) is 0 Å². The van der Waals surface area contributed by atoms with Gasteiger partial charge in [0.2, 0.25) is 0 Å². The Morgan fingerprint density at radius 1 is 1.62 bits per heavy atom. The van der Waals surface area contributed by atoms with Gasteiger partial charge in [-0.25, -0.2) is 10.9 Å². The lowest BCUT2D eigenvalue weighted by molar-refractivity contribution is 0.0595. The molecule has 4 nitrogen and oxygen atoms in total. The molecule has 0 aromatic carbocycles. The second-order valence-electron chi connectivity index (χ2n) is 2.04. The van der Waals surface area contributed by atoms with E-state index in [-0.39, 0.29) is 6.10 Å². The molecule has 1 fully saturated rings. The van der Waals surface area contributed by atoms with Crippen LogP contribution >= 0.6 is 0 Å². The molecule has 0 aromatic heterocycles. The standard InChI is InChI=1S/C4H11N3O/c5-7-2-1-4(3-7)8-6/h4H,1-3,5-6H2. The van der Waals surface area contributed by atoms with Gasteiger partial charge in [-0.3, -0.25) is 10.7 Å². The van der Waals surface area contributed by atoms with Crippen LogP contribution in [0.15, 0.2) is 0 Å². The second-order valence-corrected chi connectivity index (χ2v) is 2.04. The Morgan fingerprint density at radius 3 is 2.62 bits per heavy atom. The van der Waals surface area contributed by atoms with Crippen molar-refractivity contribution in [1.82, 2.24) is 5.01 Å². The minimum atomic E-state index is 0.153. The third-order valence-corrected chi connectivity index (χ3v) is 1.37. The molecule has 1 atom stereocenters. The predicted molar refractivity (Wildman–Crippen MR) is 29.4 cm³/mol. The molecule has 1 aliphatic rings. The van der Waals surface area contributed by atoms with Crippen LogP contribution in [0.1, 0.15) is 6.42 Å². The topological polar surface area (TPSA) is 64.5 Å². The monoisotopic (exact) mass is 117 g/mol. The summed E-state index contributed by atoms with van der Waals surface area (Å²) in [5.41, 5.74) is 0. The summed E-state index contributed by atoms with van der Waals surface area (Å²) < 4.78 is 0. The highest BCUT2D eigenvalue weighted by atomic mass is 16.6. The summed E-state index contributed by atoms with van der Waals surface area (Å²) >= 11 is 0. The molecule has 4 N–H and O–H groups in total. The molecule has 48 valence electrons. The Hall–Kier alpha value is -0.160. The molecule has 1 unspecified atom stereocenters. The van der Waals surface area contributed by atoms with E-state index < -0.39 is 0 Å². The van der Waals surface area contributed by atoms with Crippen molar-refractivity contribution in [2.45, 2.75) is 12.5 Å². The molecule has 0 saturated carbocycles. The number of nitrogens with two attached hydrogens (primary N) is 2. The molecule has 1 aliphatic heterocycles. The Labute approximate surface area is 48.3 Å². The van der Waals surface area contributed by atoms with E-state index in [0.717, 1.165) is 19.5 Å². The maximum Gasteiger partial charge on any atom is 0.0940 e. The first kappa shape index (κ1) is 5.97. The molecule has 1 heterocycles. The molecular formula is C4H11N3O. The normalized spacial score (nSPS) is 31.5. The van der Waals surface area contributed by atoms with Crippen LogP contribution in [0, 0.1) is 0 Å². The molecule has 0 bridgehead atoms. The van der Waals surface area contributed by atoms with Crippen LogP contribution in [-0.2, 0) is 4.84 Å². The number of hydrogen-bond donors (Lipinski definition) is 2. The zero-order valence-electron chi connectivity index (χ0n) is 4.71. The Bertz CT molecular complexity index is 77.7. The third-order valence-electron chi connectivity index (χ3n) is 1.37. The summed E-state index contributed by atoms with van der Waals surface area (Å²) in [4.78, 5) is 4.56. The Balaban J connectivity index is 2.22. The first-order valence-electron chi connectivity index (χ1n) is 2.68. The van der Waals surface area contributed by atoms with Gasteiger partial charge >= 0.3 is 0 Å². The fourth-order valence-electron chi connectivity index (χ4n) is 0.865. The van der Waals surface area contributed by atoms with E-state index in [2.05, 4.69) is 4.84 Å². The van der Waals surface area contributed by atoms with Crippen LogP contribution in [-0.4, -0.2) is 24.2 Å². The van der Waals surface area contributed by atoms with E-state index in [1.165, 1.54) is 0 Å². The first-order chi connectivity index (χ1) is 3.83. The maximum atomic E-state index is 5.40. The van der Waals surface area contributed by atoms with E-state index >= 15 is 0 Å². The summed E-state index contributed by atoms with van der Waals surface area (Å²) in [6.07, 6.45) is 1.10. The van der Waals surface area contributed by atoms with Crippen LogP contribution in [0.3, 0.4) is 0 Å². The summed E-state index contributed by atoms with van der Waals surface area (Å²) in [5.74, 6) is 10.3. The van der Waals surface area contributed by atoms with Crippen molar-refractivity contribution >= 4 is 0 Å². The van der Waals surface area contributed by atoms with Crippen molar-refractivity contribution in [3.05, 3.63) is 0 Å². The minimum Gasteiger partial charge on any atom is -0.300 e. The van der Waals surface area contributed by atoms with Crippen LogP contribution in [0.2, 0.25) is 0 Å². The number of nitrogens with zero attached hydrogens (tertiary/aromatic N) is 1. The molecule has 1 saturated heterocycles. The minimum absolute atomic E-state index is 0.153. The molecule has 1 rings (SSSR count). The highest BCUT2D eigenvalue weighted by Crippen LogP contribution is 2.05. The van der Waals surface area contributed by atoms with Crippen LogP contribution < -0.4 is 11.7 Å². The summed E-state index contributed by atoms with van der Waals surface area (Å²) in [6.45, 7) is 1.65. The molecule has 0 spiro atoms.